The minimum Gasteiger partial charge on any atom is -0.479 e. The number of aliphatic carboxylic acids is 1. The summed E-state index contributed by atoms with van der Waals surface area (Å²) in [6.07, 6.45) is 2.36. The topological polar surface area (TPSA) is 37.3 Å². The highest BCUT2D eigenvalue weighted by atomic mass is 19.1. The maximum atomic E-state index is 13.2. The highest BCUT2D eigenvalue weighted by Gasteiger charge is 2.20. The standard InChI is InChI=1S/C12H13FO2/c13-11(12(14)15)10-6-5-8-3-1-2-4-9(8)7-10/h5-7,11H,1-4H2,(H,14,15). The highest BCUT2D eigenvalue weighted by molar-refractivity contribution is 5.74. The number of benzene rings is 1. The fourth-order valence-electron chi connectivity index (χ4n) is 2.05. The molecule has 0 aliphatic heterocycles. The van der Waals surface area contributed by atoms with Crippen LogP contribution >= 0.6 is 0 Å². The van der Waals surface area contributed by atoms with E-state index in [4.69, 9.17) is 5.11 Å². The van der Waals surface area contributed by atoms with Crippen molar-refractivity contribution in [2.24, 2.45) is 0 Å². The van der Waals surface area contributed by atoms with Gasteiger partial charge in [0.15, 0.2) is 0 Å². The van der Waals surface area contributed by atoms with Gasteiger partial charge in [-0.25, -0.2) is 9.18 Å². The van der Waals surface area contributed by atoms with E-state index in [0.717, 1.165) is 24.8 Å². The van der Waals surface area contributed by atoms with Gasteiger partial charge in [-0.2, -0.15) is 0 Å². The van der Waals surface area contributed by atoms with E-state index >= 15 is 0 Å². The summed E-state index contributed by atoms with van der Waals surface area (Å²) in [7, 11) is 0. The van der Waals surface area contributed by atoms with Gasteiger partial charge in [-0.3, -0.25) is 0 Å². The van der Waals surface area contributed by atoms with Crippen molar-refractivity contribution in [3.8, 4) is 0 Å². The second kappa shape index (κ2) is 4.01. The normalized spacial score (nSPS) is 16.9. The quantitative estimate of drug-likeness (QED) is 0.811. The number of hydrogen-bond acceptors (Lipinski definition) is 1. The first kappa shape index (κ1) is 10.1. The first-order valence-electron chi connectivity index (χ1n) is 5.17. The average molecular weight is 208 g/mol. The molecule has 80 valence electrons. The van der Waals surface area contributed by atoms with Crippen molar-refractivity contribution in [3.63, 3.8) is 0 Å². The fraction of sp³-hybridized carbons (Fsp3) is 0.417. The second-order valence-electron chi connectivity index (χ2n) is 3.94. The smallest absolute Gasteiger partial charge is 0.343 e. The van der Waals surface area contributed by atoms with Gasteiger partial charge in [-0.15, -0.1) is 0 Å². The van der Waals surface area contributed by atoms with Crippen molar-refractivity contribution in [3.05, 3.63) is 34.9 Å². The van der Waals surface area contributed by atoms with Gasteiger partial charge in [0, 0.05) is 0 Å². The van der Waals surface area contributed by atoms with Gasteiger partial charge >= 0.3 is 5.97 Å². The van der Waals surface area contributed by atoms with E-state index in [-0.39, 0.29) is 5.56 Å². The molecule has 1 aromatic rings. The van der Waals surface area contributed by atoms with Gasteiger partial charge in [-0.1, -0.05) is 18.2 Å². The number of hydrogen-bond donors (Lipinski definition) is 1. The van der Waals surface area contributed by atoms with Gasteiger partial charge in [0.05, 0.1) is 0 Å². The Morgan fingerprint density at radius 3 is 2.60 bits per heavy atom. The van der Waals surface area contributed by atoms with Crippen molar-refractivity contribution in [1.29, 1.82) is 0 Å². The van der Waals surface area contributed by atoms with Crippen molar-refractivity contribution < 1.29 is 14.3 Å². The Labute approximate surface area is 87.7 Å². The van der Waals surface area contributed by atoms with Crippen LogP contribution in [0.4, 0.5) is 4.39 Å². The van der Waals surface area contributed by atoms with E-state index in [0.29, 0.717) is 0 Å². The Balaban J connectivity index is 2.31. The molecule has 1 aromatic carbocycles. The predicted molar refractivity (Wildman–Crippen MR) is 54.6 cm³/mol. The minimum atomic E-state index is -1.89. The first-order chi connectivity index (χ1) is 7.18. The van der Waals surface area contributed by atoms with Crippen LogP contribution in [0.5, 0.6) is 0 Å². The number of halogens is 1. The molecule has 0 saturated carbocycles. The predicted octanol–water partition coefficient (Wildman–Crippen LogP) is 2.66. The van der Waals surface area contributed by atoms with E-state index in [1.165, 1.54) is 12.0 Å². The van der Waals surface area contributed by atoms with Crippen LogP contribution in [0.15, 0.2) is 18.2 Å². The molecule has 3 heteroatoms. The molecule has 0 fully saturated rings. The molecule has 0 spiro atoms. The lowest BCUT2D eigenvalue weighted by molar-refractivity contribution is -0.143. The summed E-state index contributed by atoms with van der Waals surface area (Å²) in [5.74, 6) is -1.41. The maximum Gasteiger partial charge on any atom is 0.343 e. The summed E-state index contributed by atoms with van der Waals surface area (Å²) in [4.78, 5) is 10.5. The monoisotopic (exact) mass is 208 g/mol. The molecule has 0 heterocycles. The number of alkyl halides is 1. The van der Waals surface area contributed by atoms with Crippen molar-refractivity contribution in [2.75, 3.05) is 0 Å². The molecule has 1 aliphatic carbocycles. The van der Waals surface area contributed by atoms with E-state index < -0.39 is 12.1 Å². The average Bonchev–Trinajstić information content (AvgIpc) is 2.27. The molecule has 0 amide bonds. The zero-order valence-corrected chi connectivity index (χ0v) is 8.37. The maximum absolute atomic E-state index is 13.2. The van der Waals surface area contributed by atoms with Gasteiger partial charge in [0.2, 0.25) is 6.17 Å². The van der Waals surface area contributed by atoms with Crippen LogP contribution < -0.4 is 0 Å². The Bertz CT molecular complexity index is 387. The fourth-order valence-corrected chi connectivity index (χ4v) is 2.05. The number of carbonyl (C=O) groups is 1. The number of carboxylic acids is 1. The van der Waals surface area contributed by atoms with Gasteiger partial charge < -0.3 is 5.11 Å². The van der Waals surface area contributed by atoms with Crippen LogP contribution in [0, 0.1) is 0 Å². The SMILES string of the molecule is O=C(O)C(F)c1ccc2c(c1)CCCC2. The Hall–Kier alpha value is -1.38. The largest absolute Gasteiger partial charge is 0.479 e. The molecule has 1 unspecified atom stereocenters. The van der Waals surface area contributed by atoms with Gasteiger partial charge in [-0.05, 0) is 42.4 Å². The Morgan fingerprint density at radius 1 is 1.27 bits per heavy atom. The van der Waals surface area contributed by atoms with E-state index in [1.54, 1.807) is 12.1 Å². The van der Waals surface area contributed by atoms with Crippen LogP contribution in [0.2, 0.25) is 0 Å². The summed E-state index contributed by atoms with van der Waals surface area (Å²) in [5, 5.41) is 8.56. The van der Waals surface area contributed by atoms with Gasteiger partial charge in [0.25, 0.3) is 0 Å². The molecule has 2 rings (SSSR count). The van der Waals surface area contributed by atoms with Gasteiger partial charge in [0.1, 0.15) is 0 Å². The molecule has 0 radical (unpaired) electrons. The lowest BCUT2D eigenvalue weighted by atomic mass is 9.90. The lowest BCUT2D eigenvalue weighted by Crippen LogP contribution is -2.09. The van der Waals surface area contributed by atoms with Crippen LogP contribution in [0.3, 0.4) is 0 Å². The molecule has 1 atom stereocenters. The van der Waals surface area contributed by atoms with Crippen LogP contribution in [-0.4, -0.2) is 11.1 Å². The molecule has 1 aliphatic rings. The Kier molecular flexibility index (Phi) is 2.71. The summed E-state index contributed by atoms with van der Waals surface area (Å²) in [6.45, 7) is 0. The van der Waals surface area contributed by atoms with E-state index in [9.17, 15) is 9.18 Å². The minimum absolute atomic E-state index is 0.267. The molecule has 2 nitrogen and oxygen atoms in total. The third-order valence-electron chi connectivity index (χ3n) is 2.88. The van der Waals surface area contributed by atoms with Crippen LogP contribution in [0.25, 0.3) is 0 Å². The molecule has 15 heavy (non-hydrogen) atoms. The molecule has 0 bridgehead atoms. The molecule has 0 saturated heterocycles. The lowest BCUT2D eigenvalue weighted by Gasteiger charge is -2.16. The third-order valence-corrected chi connectivity index (χ3v) is 2.88. The number of fused-ring (bicyclic) bond motifs is 1. The molecule has 1 N–H and O–H groups in total. The Morgan fingerprint density at radius 2 is 1.93 bits per heavy atom. The van der Waals surface area contributed by atoms with E-state index in [2.05, 4.69) is 0 Å². The zero-order chi connectivity index (χ0) is 10.8. The third kappa shape index (κ3) is 2.01. The van der Waals surface area contributed by atoms with Crippen molar-refractivity contribution in [2.45, 2.75) is 31.9 Å². The summed E-state index contributed by atoms with van der Waals surface area (Å²) in [6, 6.07) is 5.15. The molecular formula is C12H13FO2. The van der Waals surface area contributed by atoms with Crippen molar-refractivity contribution in [1.82, 2.24) is 0 Å². The van der Waals surface area contributed by atoms with Crippen LogP contribution in [-0.2, 0) is 17.6 Å². The number of rotatable bonds is 2. The summed E-state index contributed by atoms with van der Waals surface area (Å²) >= 11 is 0. The summed E-state index contributed by atoms with van der Waals surface area (Å²) < 4.78 is 13.2. The zero-order valence-electron chi connectivity index (χ0n) is 8.37. The molecular weight excluding hydrogens is 195 g/mol. The van der Waals surface area contributed by atoms with Crippen molar-refractivity contribution >= 4 is 5.97 Å². The van der Waals surface area contributed by atoms with E-state index in [1.807, 2.05) is 6.07 Å². The second-order valence-corrected chi connectivity index (χ2v) is 3.94. The van der Waals surface area contributed by atoms with Crippen LogP contribution in [0.1, 0.15) is 35.7 Å². The first-order valence-corrected chi connectivity index (χ1v) is 5.17. The number of carboxylic acid groups (broad SMARTS) is 1. The highest BCUT2D eigenvalue weighted by Crippen LogP contribution is 2.26. The number of aryl methyl sites for hydroxylation is 2. The molecule has 0 aromatic heterocycles. The summed E-state index contributed by atoms with van der Waals surface area (Å²) in [5.41, 5.74) is 2.62.